The number of aliphatic hydroxyl groups excluding tert-OH is 4. The summed E-state index contributed by atoms with van der Waals surface area (Å²) in [5, 5.41) is 63.0. The Hall–Kier alpha value is -1.56. The molecule has 4 saturated carbocycles. The molecule has 0 aromatic rings. The van der Waals surface area contributed by atoms with Crippen LogP contribution in [-0.2, 0) is 19.1 Å². The highest BCUT2D eigenvalue weighted by Crippen LogP contribution is 2.76. The second-order valence-corrected chi connectivity index (χ2v) is 17.2. The monoisotopic (exact) mass is 648 g/mol. The zero-order chi connectivity index (χ0) is 33.8. The number of allylic oxidation sites excluding steroid dienone is 1. The quantitative estimate of drug-likeness (QED) is 0.189. The second-order valence-electron chi connectivity index (χ2n) is 17.2. The van der Waals surface area contributed by atoms with Crippen LogP contribution in [0.3, 0.4) is 0 Å². The van der Waals surface area contributed by atoms with Gasteiger partial charge in [0.25, 0.3) is 0 Å². The third-order valence-electron chi connectivity index (χ3n) is 15.3. The van der Waals surface area contributed by atoms with E-state index in [-0.39, 0.29) is 35.2 Å². The van der Waals surface area contributed by atoms with Gasteiger partial charge in [0.2, 0.25) is 0 Å². The molecule has 1 aliphatic heterocycles. The molecular weight excluding hydrogens is 592 g/mol. The first kappa shape index (κ1) is 34.3. The standard InChI is InChI=1S/C36H56O10/c1-18-9-14-35(30(41)42)15-16-36(31(43)44)20(25(35)19(18)2)7-8-23-33(5)12-11-24(32(3,4)22(33)10-13-34(23,36)6)46-29-28(40)27(39)26(38)21(17-37)45-29/h7,18-19,21-29,37-40H,8-17H2,1-6H3,(H,41,42)(H,43,44)/t18?,19?,21?,22?,23?,24?,25?,26?,27?,28?,29?,33-,34+,35-,36+/m0/s1. The summed E-state index contributed by atoms with van der Waals surface area (Å²) in [6.07, 6.45) is 0.942. The summed E-state index contributed by atoms with van der Waals surface area (Å²) >= 11 is 0. The molecule has 46 heavy (non-hydrogen) atoms. The zero-order valence-corrected chi connectivity index (χ0v) is 28.3. The van der Waals surface area contributed by atoms with Gasteiger partial charge in [-0.2, -0.15) is 0 Å². The molecule has 6 rings (SSSR count). The fourth-order valence-corrected chi connectivity index (χ4v) is 12.6. The van der Waals surface area contributed by atoms with Gasteiger partial charge >= 0.3 is 11.9 Å². The molecule has 15 atom stereocenters. The van der Waals surface area contributed by atoms with E-state index in [1.807, 2.05) is 0 Å². The van der Waals surface area contributed by atoms with Crippen LogP contribution in [0.5, 0.6) is 0 Å². The maximum Gasteiger partial charge on any atom is 0.314 e. The molecule has 0 radical (unpaired) electrons. The molecule has 11 unspecified atom stereocenters. The van der Waals surface area contributed by atoms with Crippen molar-refractivity contribution in [3.05, 3.63) is 11.6 Å². The van der Waals surface area contributed by atoms with E-state index in [0.29, 0.717) is 38.0 Å². The molecule has 6 aliphatic rings. The van der Waals surface area contributed by atoms with Crippen molar-refractivity contribution < 1.29 is 49.7 Å². The highest BCUT2D eigenvalue weighted by molar-refractivity contribution is 5.84. The first-order valence-corrected chi connectivity index (χ1v) is 17.6. The predicted molar refractivity (Wildman–Crippen MR) is 167 cm³/mol. The Balaban J connectivity index is 1.34. The van der Waals surface area contributed by atoms with E-state index in [9.17, 15) is 40.2 Å². The van der Waals surface area contributed by atoms with Gasteiger partial charge in [-0.05, 0) is 104 Å². The lowest BCUT2D eigenvalue weighted by Crippen LogP contribution is -2.68. The minimum atomic E-state index is -1.51. The number of fused-ring (bicyclic) bond motifs is 7. The number of hydrogen-bond acceptors (Lipinski definition) is 8. The summed E-state index contributed by atoms with van der Waals surface area (Å²) in [5.41, 5.74) is -2.32. The number of carboxylic acids is 2. The molecule has 10 heteroatoms. The first-order chi connectivity index (χ1) is 21.4. The van der Waals surface area contributed by atoms with Crippen LogP contribution in [0.1, 0.15) is 99.3 Å². The van der Waals surface area contributed by atoms with Gasteiger partial charge in [0, 0.05) is 0 Å². The Morgan fingerprint density at radius 3 is 2.20 bits per heavy atom. The Morgan fingerprint density at radius 2 is 1.57 bits per heavy atom. The largest absolute Gasteiger partial charge is 0.481 e. The van der Waals surface area contributed by atoms with Gasteiger partial charge in [-0.15, -0.1) is 0 Å². The van der Waals surface area contributed by atoms with Crippen LogP contribution in [0.15, 0.2) is 11.6 Å². The molecule has 5 aliphatic carbocycles. The molecule has 260 valence electrons. The number of aliphatic carboxylic acids is 2. The van der Waals surface area contributed by atoms with Crippen molar-refractivity contribution in [1.82, 2.24) is 0 Å². The fourth-order valence-electron chi connectivity index (χ4n) is 12.6. The lowest BCUT2D eigenvalue weighted by atomic mass is 9.33. The molecule has 1 heterocycles. The molecule has 0 bridgehead atoms. The van der Waals surface area contributed by atoms with Crippen molar-refractivity contribution in [2.45, 2.75) is 136 Å². The predicted octanol–water partition coefficient (Wildman–Crippen LogP) is 3.98. The summed E-state index contributed by atoms with van der Waals surface area (Å²) in [5.74, 6) is -1.24. The van der Waals surface area contributed by atoms with Crippen LogP contribution in [0, 0.1) is 56.7 Å². The van der Waals surface area contributed by atoms with Crippen LogP contribution >= 0.6 is 0 Å². The smallest absolute Gasteiger partial charge is 0.314 e. The lowest BCUT2D eigenvalue weighted by Gasteiger charge is -2.70. The van der Waals surface area contributed by atoms with Crippen LogP contribution in [-0.4, -0.2) is 86.0 Å². The molecule has 0 amide bonds. The topological polar surface area (TPSA) is 174 Å². The maximum atomic E-state index is 13.8. The number of rotatable bonds is 5. The molecule has 10 nitrogen and oxygen atoms in total. The highest BCUT2D eigenvalue weighted by Gasteiger charge is 2.73. The van der Waals surface area contributed by atoms with Crippen molar-refractivity contribution >= 4 is 11.9 Å². The average molecular weight is 649 g/mol. The van der Waals surface area contributed by atoms with Gasteiger partial charge in [-0.3, -0.25) is 9.59 Å². The van der Waals surface area contributed by atoms with E-state index in [0.717, 1.165) is 31.3 Å². The van der Waals surface area contributed by atoms with Gasteiger partial charge in [0.15, 0.2) is 6.29 Å². The van der Waals surface area contributed by atoms with E-state index in [2.05, 4.69) is 47.6 Å². The van der Waals surface area contributed by atoms with Crippen molar-refractivity contribution in [3.8, 4) is 0 Å². The summed E-state index contributed by atoms with van der Waals surface area (Å²) in [7, 11) is 0. The zero-order valence-electron chi connectivity index (χ0n) is 28.3. The molecule has 0 spiro atoms. The van der Waals surface area contributed by atoms with Crippen molar-refractivity contribution in [1.29, 1.82) is 0 Å². The lowest BCUT2D eigenvalue weighted by molar-refractivity contribution is -0.330. The summed E-state index contributed by atoms with van der Waals surface area (Å²) in [4.78, 5) is 26.8. The first-order valence-electron chi connectivity index (χ1n) is 17.6. The Kier molecular flexibility index (Phi) is 8.38. The van der Waals surface area contributed by atoms with Crippen molar-refractivity contribution in [2.24, 2.45) is 56.7 Å². The van der Waals surface area contributed by atoms with E-state index >= 15 is 0 Å². The third-order valence-corrected chi connectivity index (χ3v) is 15.3. The second kappa shape index (κ2) is 11.2. The number of aliphatic hydroxyl groups is 4. The molecular formula is C36H56O10. The summed E-state index contributed by atoms with van der Waals surface area (Å²) in [6.45, 7) is 12.6. The van der Waals surface area contributed by atoms with Crippen LogP contribution < -0.4 is 0 Å². The molecule has 5 fully saturated rings. The third kappa shape index (κ3) is 4.35. The van der Waals surface area contributed by atoms with E-state index in [4.69, 9.17) is 9.47 Å². The molecule has 0 aromatic heterocycles. The molecule has 6 N–H and O–H groups in total. The fraction of sp³-hybridized carbons (Fsp3) is 0.889. The summed E-state index contributed by atoms with van der Waals surface area (Å²) in [6, 6.07) is 0. The van der Waals surface area contributed by atoms with Crippen molar-refractivity contribution in [2.75, 3.05) is 6.61 Å². The van der Waals surface area contributed by atoms with Crippen LogP contribution in [0.4, 0.5) is 0 Å². The maximum absolute atomic E-state index is 13.8. The van der Waals surface area contributed by atoms with Gasteiger partial charge < -0.3 is 40.1 Å². The van der Waals surface area contributed by atoms with E-state index < -0.39 is 70.9 Å². The Bertz CT molecular complexity index is 1260. The van der Waals surface area contributed by atoms with Crippen molar-refractivity contribution in [3.63, 3.8) is 0 Å². The average Bonchev–Trinajstić information content (AvgIpc) is 2.99. The van der Waals surface area contributed by atoms with Gasteiger partial charge in [0.1, 0.15) is 24.4 Å². The number of ether oxygens (including phenoxy) is 2. The van der Waals surface area contributed by atoms with Gasteiger partial charge in [0.05, 0.1) is 23.5 Å². The number of carbonyl (C=O) groups is 2. The summed E-state index contributed by atoms with van der Waals surface area (Å²) < 4.78 is 12.1. The molecule has 1 saturated heterocycles. The Morgan fingerprint density at radius 1 is 0.870 bits per heavy atom. The minimum Gasteiger partial charge on any atom is -0.481 e. The van der Waals surface area contributed by atoms with E-state index in [1.54, 1.807) is 0 Å². The number of hydrogen-bond donors (Lipinski definition) is 6. The minimum absolute atomic E-state index is 0.0692. The molecule has 0 aromatic carbocycles. The van der Waals surface area contributed by atoms with E-state index in [1.165, 1.54) is 0 Å². The van der Waals surface area contributed by atoms with Crippen LogP contribution in [0.2, 0.25) is 0 Å². The highest BCUT2D eigenvalue weighted by atomic mass is 16.7. The van der Waals surface area contributed by atoms with Gasteiger partial charge in [-0.25, -0.2) is 0 Å². The number of carboxylic acid groups (broad SMARTS) is 2. The Labute approximate surface area is 272 Å². The van der Waals surface area contributed by atoms with Crippen LogP contribution in [0.25, 0.3) is 0 Å². The normalized spacial score (nSPS) is 53.1. The SMILES string of the molecule is CC1CC[C@]2(C(=O)O)CC[C@]3(C(=O)O)C(=CCC4[C@@]5(C)CCC(OC6OC(CO)C(O)C(O)C6O)C(C)(C)C5CC[C@]43C)C2C1C. The van der Waals surface area contributed by atoms with Gasteiger partial charge in [-0.1, -0.05) is 53.2 Å².